The normalized spacial score (nSPS) is 20.4. The minimum atomic E-state index is -1.69. The van der Waals surface area contributed by atoms with Gasteiger partial charge in [0.25, 0.3) is 6.71 Å². The van der Waals surface area contributed by atoms with Crippen LogP contribution in [0.3, 0.4) is 0 Å². The zero-order valence-electron chi connectivity index (χ0n) is 37.7. The first-order valence-electron chi connectivity index (χ1n) is 22.6. The van der Waals surface area contributed by atoms with Crippen molar-refractivity contribution in [2.75, 3.05) is 9.80 Å². The summed E-state index contributed by atoms with van der Waals surface area (Å²) >= 11 is 0. The zero-order valence-corrected chi connectivity index (χ0v) is 38.7. The van der Waals surface area contributed by atoms with E-state index in [0.29, 0.717) is 0 Å². The molecule has 6 aromatic carbocycles. The lowest BCUT2D eigenvalue weighted by atomic mass is 9.33. The average molecular weight is 802 g/mol. The van der Waals surface area contributed by atoms with Crippen LogP contribution in [-0.2, 0) is 16.2 Å². The van der Waals surface area contributed by atoms with Gasteiger partial charge in [-0.05, 0) is 106 Å². The summed E-state index contributed by atoms with van der Waals surface area (Å²) in [6.07, 6.45) is 4.95. The molecule has 3 aliphatic heterocycles. The molecule has 3 nitrogen and oxygen atoms in total. The Morgan fingerprint density at radius 1 is 0.617 bits per heavy atom. The van der Waals surface area contributed by atoms with Gasteiger partial charge in [0.1, 0.15) is 0 Å². The number of rotatable bonds is 4. The fourth-order valence-electron chi connectivity index (χ4n) is 12.0. The molecule has 302 valence electrons. The van der Waals surface area contributed by atoms with E-state index in [-0.39, 0.29) is 28.5 Å². The number of anilines is 5. The predicted octanol–water partition coefficient (Wildman–Crippen LogP) is 12.3. The largest absolute Gasteiger partial charge is 0.335 e. The monoisotopic (exact) mass is 801 g/mol. The van der Waals surface area contributed by atoms with E-state index >= 15 is 0 Å². The number of benzene rings is 6. The van der Waals surface area contributed by atoms with E-state index in [2.05, 4.69) is 205 Å². The molecule has 1 saturated carbocycles. The topological polar surface area (TPSA) is 11.4 Å². The molecule has 1 aromatic heterocycles. The average Bonchev–Trinajstić information content (AvgIpc) is 3.65. The van der Waals surface area contributed by atoms with Gasteiger partial charge in [-0.25, -0.2) is 0 Å². The van der Waals surface area contributed by atoms with Crippen LogP contribution in [0.25, 0.3) is 27.5 Å². The van der Waals surface area contributed by atoms with Crippen molar-refractivity contribution in [3.63, 3.8) is 0 Å². The molecule has 0 amide bonds. The number of nitrogens with zero attached hydrogens (tertiary/aromatic N) is 3. The minimum Gasteiger partial charge on any atom is -0.335 e. The minimum absolute atomic E-state index is 0.0423. The molecule has 0 spiro atoms. The summed E-state index contributed by atoms with van der Waals surface area (Å²) in [5.41, 5.74) is 19.3. The summed E-state index contributed by atoms with van der Waals surface area (Å²) in [6.45, 7) is 26.9. The van der Waals surface area contributed by atoms with Gasteiger partial charge in [-0.3, -0.25) is 0 Å². The number of para-hydroxylation sites is 2. The van der Waals surface area contributed by atoms with E-state index in [1.165, 1.54) is 109 Å². The van der Waals surface area contributed by atoms with Gasteiger partial charge in [0.2, 0.25) is 0 Å². The summed E-state index contributed by atoms with van der Waals surface area (Å²) < 4.78 is 2.65. The van der Waals surface area contributed by atoms with Crippen molar-refractivity contribution in [3.05, 3.63) is 132 Å². The Kier molecular flexibility index (Phi) is 7.79. The van der Waals surface area contributed by atoms with Gasteiger partial charge >= 0.3 is 0 Å². The standard InChI is InChI=1S/C55H60BN3Si/c1-52(2,3)35-21-25-37(26-22-35)57(38-27-23-36(24-28-38)53(4,5)6)39-31-47-49-48(32-39)59-51-43(54(7)29-14-15-30-55(54,59)8)33-40(60(9,10)11)34-45(51)56(49)44-19-16-18-42-41-17-12-13-20-46(41)58(47)50(42)44/h12-13,16-28,31-34H,14-15,29-30H2,1-11H3. The summed E-state index contributed by atoms with van der Waals surface area (Å²) in [6, 6.07) is 45.6. The van der Waals surface area contributed by atoms with E-state index in [9.17, 15) is 0 Å². The van der Waals surface area contributed by atoms with Gasteiger partial charge in [0.15, 0.2) is 0 Å². The van der Waals surface area contributed by atoms with Gasteiger partial charge < -0.3 is 14.4 Å². The summed E-state index contributed by atoms with van der Waals surface area (Å²) in [7, 11) is -1.69. The molecule has 4 aliphatic rings. The van der Waals surface area contributed by atoms with Crippen LogP contribution in [0.4, 0.5) is 28.4 Å². The molecule has 0 bridgehead atoms. The van der Waals surface area contributed by atoms with Crippen molar-refractivity contribution in [2.45, 2.75) is 122 Å². The molecule has 1 fully saturated rings. The van der Waals surface area contributed by atoms with Crippen molar-refractivity contribution in [3.8, 4) is 5.69 Å². The molecular weight excluding hydrogens is 742 g/mol. The molecule has 0 saturated heterocycles. The van der Waals surface area contributed by atoms with E-state index in [1.807, 2.05) is 0 Å². The quantitative estimate of drug-likeness (QED) is 0.164. The van der Waals surface area contributed by atoms with E-state index < -0.39 is 8.07 Å². The maximum atomic E-state index is 2.91. The fourth-order valence-corrected chi connectivity index (χ4v) is 13.1. The Balaban J connectivity index is 1.27. The summed E-state index contributed by atoms with van der Waals surface area (Å²) in [5.74, 6) is 0. The second-order valence-corrected chi connectivity index (χ2v) is 27.3. The number of fused-ring (bicyclic) bond motifs is 10. The zero-order chi connectivity index (χ0) is 41.9. The van der Waals surface area contributed by atoms with Gasteiger partial charge in [-0.2, -0.15) is 0 Å². The van der Waals surface area contributed by atoms with Crippen molar-refractivity contribution in [1.82, 2.24) is 4.57 Å². The lowest BCUT2D eigenvalue weighted by Crippen LogP contribution is -2.64. The maximum absolute atomic E-state index is 2.91. The first-order chi connectivity index (χ1) is 28.4. The third-order valence-corrected chi connectivity index (χ3v) is 17.6. The Hall–Kier alpha value is -5.00. The molecule has 1 aliphatic carbocycles. The number of hydrogen-bond acceptors (Lipinski definition) is 2. The second-order valence-electron chi connectivity index (χ2n) is 22.2. The van der Waals surface area contributed by atoms with Gasteiger partial charge in [0.05, 0.1) is 24.8 Å². The van der Waals surface area contributed by atoms with Crippen LogP contribution in [0.5, 0.6) is 0 Å². The Morgan fingerprint density at radius 2 is 1.22 bits per heavy atom. The molecular formula is C55H60BN3Si. The van der Waals surface area contributed by atoms with Crippen molar-refractivity contribution in [1.29, 1.82) is 0 Å². The fraction of sp³-hybridized carbons (Fsp3) is 0.345. The predicted molar refractivity (Wildman–Crippen MR) is 263 cm³/mol. The van der Waals surface area contributed by atoms with Crippen molar-refractivity contribution < 1.29 is 0 Å². The van der Waals surface area contributed by atoms with Gasteiger partial charge in [-0.1, -0.05) is 159 Å². The molecule has 2 unspecified atom stereocenters. The van der Waals surface area contributed by atoms with E-state index in [1.54, 1.807) is 10.8 Å². The lowest BCUT2D eigenvalue weighted by Gasteiger charge is -2.52. The second kappa shape index (κ2) is 12.3. The smallest absolute Gasteiger partial charge is 0.252 e. The van der Waals surface area contributed by atoms with Crippen LogP contribution >= 0.6 is 0 Å². The summed E-state index contributed by atoms with van der Waals surface area (Å²) in [5, 5.41) is 4.27. The SMILES string of the molecule is CC(C)(C)c1ccc(N(c2ccc(C(C)(C)C)cc2)c2cc3c4c(c2)-n2c5ccccc5c5cccc(c52)B4c2cc([Si](C)(C)C)cc4c2N3C2(C)CCCCC42C)cc1. The third kappa shape index (κ3) is 5.08. The number of aromatic nitrogens is 1. The molecule has 4 heterocycles. The van der Waals surface area contributed by atoms with E-state index in [4.69, 9.17) is 0 Å². The first kappa shape index (κ1) is 38.0. The van der Waals surface area contributed by atoms with Crippen LogP contribution in [0, 0.1) is 0 Å². The van der Waals surface area contributed by atoms with Crippen molar-refractivity contribution >= 4 is 86.6 Å². The van der Waals surface area contributed by atoms with Crippen LogP contribution in [0.15, 0.2) is 115 Å². The lowest BCUT2D eigenvalue weighted by molar-refractivity contribution is 0.195. The van der Waals surface area contributed by atoms with Crippen LogP contribution in [0.1, 0.15) is 97.8 Å². The molecule has 0 radical (unpaired) electrons. The van der Waals surface area contributed by atoms with Gasteiger partial charge in [0, 0.05) is 50.1 Å². The highest BCUT2D eigenvalue weighted by molar-refractivity contribution is 7.01. The first-order valence-corrected chi connectivity index (χ1v) is 26.1. The highest BCUT2D eigenvalue weighted by Crippen LogP contribution is 2.61. The van der Waals surface area contributed by atoms with Gasteiger partial charge in [-0.15, -0.1) is 0 Å². The molecule has 5 heteroatoms. The molecule has 7 aromatic rings. The van der Waals surface area contributed by atoms with Crippen LogP contribution in [-0.4, -0.2) is 24.9 Å². The number of hydrogen-bond donors (Lipinski definition) is 0. The Bertz CT molecular complexity index is 2860. The molecule has 0 N–H and O–H groups in total. The maximum Gasteiger partial charge on any atom is 0.252 e. The molecule has 11 rings (SSSR count). The summed E-state index contributed by atoms with van der Waals surface area (Å²) in [4.78, 5) is 5.45. The third-order valence-electron chi connectivity index (χ3n) is 15.6. The highest BCUT2D eigenvalue weighted by Gasteiger charge is 2.61. The van der Waals surface area contributed by atoms with Crippen LogP contribution < -0.4 is 31.4 Å². The molecule has 60 heavy (non-hydrogen) atoms. The highest BCUT2D eigenvalue weighted by atomic mass is 28.3. The Labute approximate surface area is 359 Å². The van der Waals surface area contributed by atoms with Crippen LogP contribution in [0.2, 0.25) is 19.6 Å². The van der Waals surface area contributed by atoms with Crippen molar-refractivity contribution in [2.24, 2.45) is 0 Å². The Morgan fingerprint density at radius 3 is 1.85 bits per heavy atom. The molecule has 2 atom stereocenters. The van der Waals surface area contributed by atoms with E-state index in [0.717, 1.165) is 0 Å².